The molecule has 4 atom stereocenters. The molecule has 148 valence electrons. The summed E-state index contributed by atoms with van der Waals surface area (Å²) in [6, 6.07) is 0. The van der Waals surface area contributed by atoms with Crippen LogP contribution < -0.4 is 10.0 Å². The van der Waals surface area contributed by atoms with E-state index in [1.807, 2.05) is 13.8 Å². The fraction of sp³-hybridized carbons (Fsp3) is 0.882. The molecule has 1 aliphatic heterocycles. The number of fused-ring (bicyclic) bond motifs is 2. The number of thioether (sulfide) groups is 1. The number of ketones is 1. The number of hydrogen-bond acceptors (Lipinski definition) is 7. The van der Waals surface area contributed by atoms with E-state index in [2.05, 4.69) is 10.0 Å². The van der Waals surface area contributed by atoms with Gasteiger partial charge in [0.1, 0.15) is 5.78 Å². The Kier molecular flexibility index (Phi) is 5.47. The van der Waals surface area contributed by atoms with Gasteiger partial charge in [-0.3, -0.25) is 14.9 Å². The van der Waals surface area contributed by atoms with Crippen LogP contribution in [0.3, 0.4) is 0 Å². The number of sulfonamides is 1. The first-order valence-corrected chi connectivity index (χ1v) is 11.9. The van der Waals surface area contributed by atoms with Gasteiger partial charge in [0, 0.05) is 17.6 Å². The number of rotatable bonds is 7. The Morgan fingerprint density at radius 3 is 2.73 bits per heavy atom. The lowest BCUT2D eigenvalue weighted by atomic mass is 9.70. The maximum atomic E-state index is 12.8. The minimum atomic E-state index is -3.62. The largest absolute Gasteiger partial charge is 0.466 e. The molecule has 0 spiro atoms. The van der Waals surface area contributed by atoms with Crippen molar-refractivity contribution in [2.24, 2.45) is 16.7 Å². The molecule has 0 aromatic carbocycles. The van der Waals surface area contributed by atoms with Gasteiger partial charge < -0.3 is 4.74 Å². The van der Waals surface area contributed by atoms with Crippen LogP contribution in [0.25, 0.3) is 0 Å². The monoisotopic (exact) mass is 404 g/mol. The molecule has 2 saturated carbocycles. The molecule has 0 aromatic rings. The summed E-state index contributed by atoms with van der Waals surface area (Å²) in [5, 5.41) is 2.95. The van der Waals surface area contributed by atoms with Gasteiger partial charge in [0.2, 0.25) is 10.0 Å². The van der Waals surface area contributed by atoms with Crippen molar-refractivity contribution in [3.63, 3.8) is 0 Å². The lowest BCUT2D eigenvalue weighted by Gasteiger charge is -2.36. The van der Waals surface area contributed by atoms with E-state index in [9.17, 15) is 18.0 Å². The lowest BCUT2D eigenvalue weighted by Crippen LogP contribution is -2.51. The summed E-state index contributed by atoms with van der Waals surface area (Å²) in [6.07, 6.45) is 1.85. The third-order valence-corrected chi connectivity index (χ3v) is 9.15. The van der Waals surface area contributed by atoms with Crippen molar-refractivity contribution >= 4 is 33.5 Å². The zero-order valence-corrected chi connectivity index (χ0v) is 17.2. The Morgan fingerprint density at radius 2 is 2.15 bits per heavy atom. The highest BCUT2D eigenvalue weighted by Crippen LogP contribution is 2.64. The minimum absolute atomic E-state index is 0.0954. The molecule has 1 saturated heterocycles. The fourth-order valence-electron chi connectivity index (χ4n) is 4.78. The molecule has 2 bridgehead atoms. The van der Waals surface area contributed by atoms with Crippen LogP contribution in [-0.2, 0) is 24.3 Å². The summed E-state index contributed by atoms with van der Waals surface area (Å²) in [7, 11) is -3.62. The van der Waals surface area contributed by atoms with E-state index in [4.69, 9.17) is 4.74 Å². The van der Waals surface area contributed by atoms with E-state index >= 15 is 0 Å². The Hall–Kier alpha value is -0.640. The standard InChI is InChI=1S/C17H28N2O5S2/c1-4-24-15(21)8-14-18-13(9-25-14)19-26(22,23)10-17-6-5-11(7-12(17)20)16(17,2)3/h11,13-14,18-19H,4-10H2,1-3H3. The van der Waals surface area contributed by atoms with Gasteiger partial charge in [-0.25, -0.2) is 8.42 Å². The van der Waals surface area contributed by atoms with Gasteiger partial charge in [-0.15, -0.1) is 11.8 Å². The van der Waals surface area contributed by atoms with Crippen LogP contribution in [0.2, 0.25) is 0 Å². The molecule has 7 nitrogen and oxygen atoms in total. The summed E-state index contributed by atoms with van der Waals surface area (Å²) < 4.78 is 33.2. The maximum Gasteiger partial charge on any atom is 0.308 e. The SMILES string of the molecule is CCOC(=O)CC1NC(NS(=O)(=O)CC23CCC(CC2=O)C3(C)C)CS1. The predicted molar refractivity (Wildman–Crippen MR) is 99.9 cm³/mol. The first-order chi connectivity index (χ1) is 12.1. The van der Waals surface area contributed by atoms with Crippen molar-refractivity contribution in [2.45, 2.75) is 58.0 Å². The van der Waals surface area contributed by atoms with E-state index in [1.165, 1.54) is 11.8 Å². The molecule has 3 fully saturated rings. The first kappa shape index (κ1) is 20.1. The Balaban J connectivity index is 1.60. The number of hydrogen-bond donors (Lipinski definition) is 2. The van der Waals surface area contributed by atoms with Crippen LogP contribution in [0, 0.1) is 16.7 Å². The molecule has 4 unspecified atom stereocenters. The Morgan fingerprint density at radius 1 is 1.42 bits per heavy atom. The van der Waals surface area contributed by atoms with Crippen LogP contribution in [0.5, 0.6) is 0 Å². The van der Waals surface area contributed by atoms with E-state index in [0.29, 0.717) is 31.1 Å². The van der Waals surface area contributed by atoms with Gasteiger partial charge in [0.25, 0.3) is 0 Å². The number of carbonyl (C=O) groups is 2. The van der Waals surface area contributed by atoms with Crippen molar-refractivity contribution in [1.82, 2.24) is 10.0 Å². The van der Waals surface area contributed by atoms with Crippen LogP contribution >= 0.6 is 11.8 Å². The molecule has 3 rings (SSSR count). The fourth-order valence-corrected chi connectivity index (χ4v) is 8.00. The summed E-state index contributed by atoms with van der Waals surface area (Å²) >= 11 is 1.50. The van der Waals surface area contributed by atoms with Crippen LogP contribution in [0.4, 0.5) is 0 Å². The van der Waals surface area contributed by atoms with Crippen LogP contribution in [0.1, 0.15) is 46.5 Å². The number of esters is 1. The molecule has 1 heterocycles. The Labute approximate surface area is 159 Å². The van der Waals surface area contributed by atoms with Crippen molar-refractivity contribution in [3.8, 4) is 0 Å². The van der Waals surface area contributed by atoms with E-state index in [-0.39, 0.29) is 34.7 Å². The molecular weight excluding hydrogens is 376 g/mol. The summed E-state index contributed by atoms with van der Waals surface area (Å²) in [6.45, 7) is 6.15. The van der Waals surface area contributed by atoms with Gasteiger partial charge in [-0.05, 0) is 31.1 Å². The quantitative estimate of drug-likeness (QED) is 0.616. The third-order valence-electron chi connectivity index (χ3n) is 6.41. The highest BCUT2D eigenvalue weighted by molar-refractivity contribution is 8.00. The number of ether oxygens (including phenoxy) is 1. The van der Waals surface area contributed by atoms with Gasteiger partial charge in [-0.2, -0.15) is 4.72 Å². The van der Waals surface area contributed by atoms with Crippen molar-refractivity contribution in [3.05, 3.63) is 0 Å². The second kappa shape index (κ2) is 7.07. The minimum Gasteiger partial charge on any atom is -0.466 e. The number of nitrogens with one attached hydrogen (secondary N) is 2. The average Bonchev–Trinajstić information content (AvgIpc) is 3.09. The van der Waals surface area contributed by atoms with Crippen molar-refractivity contribution in [1.29, 1.82) is 0 Å². The average molecular weight is 405 g/mol. The van der Waals surface area contributed by atoms with Gasteiger partial charge in [0.05, 0.1) is 30.3 Å². The smallest absolute Gasteiger partial charge is 0.308 e. The first-order valence-electron chi connectivity index (χ1n) is 9.16. The predicted octanol–water partition coefficient (Wildman–Crippen LogP) is 1.24. The van der Waals surface area contributed by atoms with E-state index in [0.717, 1.165) is 6.42 Å². The normalized spacial score (nSPS) is 35.8. The molecule has 2 N–H and O–H groups in total. The van der Waals surface area contributed by atoms with Gasteiger partial charge >= 0.3 is 5.97 Å². The van der Waals surface area contributed by atoms with Gasteiger partial charge in [0.15, 0.2) is 0 Å². The lowest BCUT2D eigenvalue weighted by molar-refractivity contribution is -0.143. The van der Waals surface area contributed by atoms with Gasteiger partial charge in [-0.1, -0.05) is 13.8 Å². The molecule has 26 heavy (non-hydrogen) atoms. The highest BCUT2D eigenvalue weighted by atomic mass is 32.2. The van der Waals surface area contributed by atoms with Crippen LogP contribution in [-0.4, -0.2) is 49.8 Å². The third kappa shape index (κ3) is 3.55. The second-order valence-corrected chi connectivity index (χ2v) is 11.1. The van der Waals surface area contributed by atoms with Crippen LogP contribution in [0.15, 0.2) is 0 Å². The maximum absolute atomic E-state index is 12.8. The number of Topliss-reactive ketones (excluding diaryl/α,β-unsaturated/α-hetero) is 1. The molecule has 0 radical (unpaired) electrons. The molecule has 2 aliphatic carbocycles. The molecule has 9 heteroatoms. The molecular formula is C17H28N2O5S2. The zero-order chi connectivity index (χ0) is 19.2. The molecule has 0 amide bonds. The second-order valence-electron chi connectivity index (χ2n) is 8.09. The summed E-state index contributed by atoms with van der Waals surface area (Å²) in [5.41, 5.74) is -1.04. The number of carbonyl (C=O) groups excluding carboxylic acids is 2. The van der Waals surface area contributed by atoms with E-state index in [1.54, 1.807) is 6.92 Å². The molecule has 3 aliphatic rings. The molecule has 0 aromatic heterocycles. The summed E-state index contributed by atoms with van der Waals surface area (Å²) in [5.74, 6) is 0.483. The van der Waals surface area contributed by atoms with E-state index < -0.39 is 21.6 Å². The van der Waals surface area contributed by atoms with Crippen molar-refractivity contribution in [2.75, 3.05) is 18.1 Å². The van der Waals surface area contributed by atoms with Crippen molar-refractivity contribution < 1.29 is 22.7 Å². The topological polar surface area (TPSA) is 102 Å². The summed E-state index contributed by atoms with van der Waals surface area (Å²) in [4.78, 5) is 24.1. The Bertz CT molecular complexity index is 693. The highest BCUT2D eigenvalue weighted by Gasteiger charge is 2.65. The zero-order valence-electron chi connectivity index (χ0n) is 15.5.